The van der Waals surface area contributed by atoms with Crippen molar-refractivity contribution < 1.29 is 14.3 Å². The van der Waals surface area contributed by atoms with E-state index in [1.54, 1.807) is 23.2 Å². The van der Waals surface area contributed by atoms with Gasteiger partial charge in [0.2, 0.25) is 5.91 Å². The van der Waals surface area contributed by atoms with E-state index in [1.165, 1.54) is 18.4 Å². The van der Waals surface area contributed by atoms with Crippen molar-refractivity contribution in [3.63, 3.8) is 0 Å². The fraction of sp³-hybridized carbons (Fsp3) is 0.200. The maximum absolute atomic E-state index is 11.9. The van der Waals surface area contributed by atoms with Gasteiger partial charge in [-0.15, -0.1) is 23.1 Å². The van der Waals surface area contributed by atoms with Crippen molar-refractivity contribution in [3.8, 4) is 0 Å². The smallest absolute Gasteiger partial charge is 0.350 e. The average molecular weight is 356 g/mol. The van der Waals surface area contributed by atoms with Crippen molar-refractivity contribution in [2.75, 3.05) is 18.2 Å². The molecule has 0 bridgehead atoms. The summed E-state index contributed by atoms with van der Waals surface area (Å²) >= 11 is 8.63. The Kier molecular flexibility index (Phi) is 6.30. The molecule has 0 radical (unpaired) electrons. The minimum Gasteiger partial charge on any atom is -0.465 e. The molecule has 1 N–H and O–H groups in total. The number of anilines is 1. The van der Waals surface area contributed by atoms with Crippen molar-refractivity contribution in [3.05, 3.63) is 45.6 Å². The van der Waals surface area contributed by atoms with Crippen LogP contribution in [0.25, 0.3) is 0 Å². The number of carbonyl (C=O) groups excluding carboxylic acids is 2. The molecular formula is C15H14ClNO3S2. The number of ether oxygens (including phenoxy) is 1. The molecule has 0 saturated carbocycles. The molecule has 0 aliphatic heterocycles. The maximum Gasteiger partial charge on any atom is 0.350 e. The second-order valence-corrected chi connectivity index (χ2v) is 6.78. The van der Waals surface area contributed by atoms with Crippen LogP contribution >= 0.6 is 34.7 Å². The van der Waals surface area contributed by atoms with Crippen molar-refractivity contribution >= 4 is 52.3 Å². The highest BCUT2D eigenvalue weighted by Crippen LogP contribution is 2.24. The van der Waals surface area contributed by atoms with E-state index >= 15 is 0 Å². The predicted octanol–water partition coefficient (Wildman–Crippen LogP) is 4.31. The summed E-state index contributed by atoms with van der Waals surface area (Å²) in [4.78, 5) is 24.9. The molecule has 0 unspecified atom stereocenters. The lowest BCUT2D eigenvalue weighted by atomic mass is 10.3. The highest BCUT2D eigenvalue weighted by Gasteiger charge is 2.15. The first kappa shape index (κ1) is 16.9. The van der Waals surface area contributed by atoms with Crippen LogP contribution in [0.5, 0.6) is 0 Å². The summed E-state index contributed by atoms with van der Waals surface area (Å²) in [5.41, 5.74) is 0.498. The lowest BCUT2D eigenvalue weighted by molar-refractivity contribution is -0.115. The van der Waals surface area contributed by atoms with Gasteiger partial charge in [-0.05, 0) is 35.7 Å². The molecular weight excluding hydrogens is 342 g/mol. The summed E-state index contributed by atoms with van der Waals surface area (Å²) in [5, 5.41) is 5.17. The molecule has 1 aromatic carbocycles. The van der Waals surface area contributed by atoms with Crippen LogP contribution in [-0.2, 0) is 9.53 Å². The van der Waals surface area contributed by atoms with E-state index < -0.39 is 5.97 Å². The van der Waals surface area contributed by atoms with Gasteiger partial charge in [-0.25, -0.2) is 4.79 Å². The van der Waals surface area contributed by atoms with Gasteiger partial charge >= 0.3 is 5.97 Å². The number of hydrogen-bond donors (Lipinski definition) is 1. The molecule has 116 valence electrons. The molecule has 2 rings (SSSR count). The number of halogens is 1. The number of carbonyl (C=O) groups is 2. The summed E-state index contributed by atoms with van der Waals surface area (Å²) in [7, 11) is 1.32. The number of nitrogens with one attached hydrogen (secondary N) is 1. The number of rotatable bonds is 6. The number of thiophene rings is 1. The van der Waals surface area contributed by atoms with Crippen LogP contribution < -0.4 is 5.32 Å². The van der Waals surface area contributed by atoms with Gasteiger partial charge in [0.25, 0.3) is 0 Å². The van der Waals surface area contributed by atoms with E-state index in [9.17, 15) is 9.59 Å². The van der Waals surface area contributed by atoms with Crippen molar-refractivity contribution in [1.82, 2.24) is 0 Å². The first-order valence-electron chi connectivity index (χ1n) is 6.44. The summed E-state index contributed by atoms with van der Waals surface area (Å²) in [6.45, 7) is 0. The predicted molar refractivity (Wildman–Crippen MR) is 91.1 cm³/mol. The minimum absolute atomic E-state index is 0.134. The van der Waals surface area contributed by atoms with Crippen molar-refractivity contribution in [2.24, 2.45) is 0 Å². The molecule has 1 heterocycles. The number of esters is 1. The lowest BCUT2D eigenvalue weighted by Crippen LogP contribution is -2.14. The number of methoxy groups -OCH3 is 1. The van der Waals surface area contributed by atoms with Gasteiger partial charge in [0, 0.05) is 22.1 Å². The van der Waals surface area contributed by atoms with E-state index in [1.807, 2.05) is 24.3 Å². The van der Waals surface area contributed by atoms with Crippen LogP contribution in [0.15, 0.2) is 40.6 Å². The molecule has 4 nitrogen and oxygen atoms in total. The SMILES string of the molecule is COC(=O)c1sccc1NC(=O)CCSc1ccc(Cl)cc1. The first-order chi connectivity index (χ1) is 10.6. The Labute approximate surface area is 141 Å². The second-order valence-electron chi connectivity index (χ2n) is 4.26. The highest BCUT2D eigenvalue weighted by atomic mass is 35.5. The number of hydrogen-bond acceptors (Lipinski definition) is 5. The molecule has 2 aromatic rings. The Balaban J connectivity index is 1.82. The van der Waals surface area contributed by atoms with Gasteiger partial charge in [0.05, 0.1) is 12.8 Å². The molecule has 0 saturated heterocycles. The van der Waals surface area contributed by atoms with Crippen LogP contribution in [0.2, 0.25) is 5.02 Å². The summed E-state index contributed by atoms with van der Waals surface area (Å²) in [6.07, 6.45) is 0.351. The van der Waals surface area contributed by atoms with Crippen LogP contribution in [0.3, 0.4) is 0 Å². The van der Waals surface area contributed by atoms with E-state index in [0.717, 1.165) is 4.90 Å². The van der Waals surface area contributed by atoms with E-state index in [0.29, 0.717) is 27.8 Å². The Morgan fingerprint density at radius 2 is 2.00 bits per heavy atom. The third kappa shape index (κ3) is 4.76. The molecule has 0 aliphatic rings. The third-order valence-corrected chi connectivity index (χ3v) is 4.88. The second kappa shape index (κ2) is 8.22. The Morgan fingerprint density at radius 1 is 1.27 bits per heavy atom. The zero-order valence-electron chi connectivity index (χ0n) is 11.8. The average Bonchev–Trinajstić information content (AvgIpc) is 2.96. The molecule has 0 aliphatic carbocycles. The number of amides is 1. The molecule has 22 heavy (non-hydrogen) atoms. The van der Waals surface area contributed by atoms with Gasteiger partial charge in [-0.1, -0.05) is 11.6 Å². The number of benzene rings is 1. The summed E-state index contributed by atoms with van der Waals surface area (Å²) in [5.74, 6) is 0.0661. The van der Waals surface area contributed by atoms with Gasteiger partial charge in [0.1, 0.15) is 4.88 Å². The van der Waals surface area contributed by atoms with Gasteiger partial charge < -0.3 is 10.1 Å². The van der Waals surface area contributed by atoms with E-state index in [4.69, 9.17) is 11.6 Å². The lowest BCUT2D eigenvalue weighted by Gasteiger charge is -2.05. The van der Waals surface area contributed by atoms with Crippen LogP contribution in [-0.4, -0.2) is 24.7 Å². The molecule has 1 aromatic heterocycles. The van der Waals surface area contributed by atoms with Gasteiger partial charge in [-0.2, -0.15) is 0 Å². The topological polar surface area (TPSA) is 55.4 Å². The monoisotopic (exact) mass is 355 g/mol. The van der Waals surface area contributed by atoms with Crippen molar-refractivity contribution in [2.45, 2.75) is 11.3 Å². The van der Waals surface area contributed by atoms with E-state index in [-0.39, 0.29) is 5.91 Å². The molecule has 1 amide bonds. The summed E-state index contributed by atoms with van der Waals surface area (Å²) in [6, 6.07) is 9.16. The molecule has 0 fully saturated rings. The van der Waals surface area contributed by atoms with Gasteiger partial charge in [0.15, 0.2) is 0 Å². The minimum atomic E-state index is -0.444. The fourth-order valence-corrected chi connectivity index (χ4v) is 3.41. The Morgan fingerprint density at radius 3 is 2.68 bits per heavy atom. The standard InChI is InChI=1S/C15H14ClNO3S2/c1-20-15(19)14-12(6-8-22-14)17-13(18)7-9-21-11-4-2-10(16)3-5-11/h2-6,8H,7,9H2,1H3,(H,17,18). The van der Waals surface area contributed by atoms with Crippen LogP contribution in [0.1, 0.15) is 16.1 Å². The largest absolute Gasteiger partial charge is 0.465 e. The normalized spacial score (nSPS) is 10.3. The van der Waals surface area contributed by atoms with Crippen molar-refractivity contribution in [1.29, 1.82) is 0 Å². The highest BCUT2D eigenvalue weighted by molar-refractivity contribution is 7.99. The molecule has 0 atom stereocenters. The zero-order chi connectivity index (χ0) is 15.9. The fourth-order valence-electron chi connectivity index (χ4n) is 1.66. The van der Waals surface area contributed by atoms with Crippen LogP contribution in [0, 0.1) is 0 Å². The number of thioether (sulfide) groups is 1. The summed E-state index contributed by atoms with van der Waals surface area (Å²) < 4.78 is 4.67. The maximum atomic E-state index is 11.9. The van der Waals surface area contributed by atoms with Crippen LogP contribution in [0.4, 0.5) is 5.69 Å². The van der Waals surface area contributed by atoms with E-state index in [2.05, 4.69) is 10.1 Å². The Bertz CT molecular complexity index is 655. The Hall–Kier alpha value is -1.50. The van der Waals surface area contributed by atoms with Gasteiger partial charge in [-0.3, -0.25) is 4.79 Å². The quantitative estimate of drug-likeness (QED) is 0.619. The third-order valence-electron chi connectivity index (χ3n) is 2.72. The first-order valence-corrected chi connectivity index (χ1v) is 8.68. The zero-order valence-corrected chi connectivity index (χ0v) is 14.2. The molecule has 7 heteroatoms. The molecule has 0 spiro atoms.